The molecule has 1 aliphatic carbocycles. The Labute approximate surface area is 223 Å². The van der Waals surface area contributed by atoms with E-state index in [1.54, 1.807) is 20.8 Å². The molecule has 1 aromatic carbocycles. The molecule has 1 fully saturated rings. The summed E-state index contributed by atoms with van der Waals surface area (Å²) < 4.78 is 11.8. The molecule has 1 saturated carbocycles. The highest BCUT2D eigenvalue weighted by molar-refractivity contribution is 5.86. The molecule has 7 nitrogen and oxygen atoms in total. The van der Waals surface area contributed by atoms with Crippen molar-refractivity contribution in [3.8, 4) is 0 Å². The molecule has 208 valence electrons. The number of benzene rings is 1. The Hall–Kier alpha value is -2.41. The summed E-state index contributed by atoms with van der Waals surface area (Å²) in [4.78, 5) is 40.5. The van der Waals surface area contributed by atoms with E-state index in [0.717, 1.165) is 38.6 Å². The highest BCUT2D eigenvalue weighted by Crippen LogP contribution is 2.43. The highest BCUT2D eigenvalue weighted by Gasteiger charge is 2.44. The van der Waals surface area contributed by atoms with Crippen LogP contribution in [-0.4, -0.2) is 60.6 Å². The third kappa shape index (κ3) is 9.76. The van der Waals surface area contributed by atoms with Gasteiger partial charge in [-0.2, -0.15) is 0 Å². The smallest absolute Gasteiger partial charge is 0.329 e. The molecular weight excluding hydrogens is 468 g/mol. The van der Waals surface area contributed by atoms with Gasteiger partial charge in [0.05, 0.1) is 6.42 Å². The maximum Gasteiger partial charge on any atom is 0.329 e. The molecule has 0 aliphatic heterocycles. The summed E-state index contributed by atoms with van der Waals surface area (Å²) in [6, 6.07) is 7.74. The first kappa shape index (κ1) is 30.8. The predicted octanol–water partition coefficient (Wildman–Crippen LogP) is 5.15. The zero-order valence-corrected chi connectivity index (χ0v) is 24.2. The van der Waals surface area contributed by atoms with E-state index in [1.165, 1.54) is 11.1 Å². The fourth-order valence-electron chi connectivity index (χ4n) is 5.01. The van der Waals surface area contributed by atoms with Crippen molar-refractivity contribution in [2.24, 2.45) is 5.92 Å². The van der Waals surface area contributed by atoms with Gasteiger partial charge in [0.2, 0.25) is 5.91 Å². The van der Waals surface area contributed by atoms with E-state index in [4.69, 9.17) is 9.47 Å². The van der Waals surface area contributed by atoms with Gasteiger partial charge in [-0.1, -0.05) is 50.1 Å². The molecule has 0 radical (unpaired) electrons. The van der Waals surface area contributed by atoms with E-state index >= 15 is 0 Å². The van der Waals surface area contributed by atoms with Gasteiger partial charge in [0.1, 0.15) is 17.2 Å². The molecule has 2 rings (SSSR count). The molecule has 1 N–H and O–H groups in total. The molecule has 37 heavy (non-hydrogen) atoms. The third-order valence-electron chi connectivity index (χ3n) is 6.88. The molecular formula is C30H48N2O5. The van der Waals surface area contributed by atoms with Crippen LogP contribution in [0.3, 0.4) is 0 Å². The molecule has 0 aromatic heterocycles. The van der Waals surface area contributed by atoms with Gasteiger partial charge >= 0.3 is 11.9 Å². The second-order valence-electron chi connectivity index (χ2n) is 12.1. The Bertz CT molecular complexity index is 896. The van der Waals surface area contributed by atoms with Gasteiger partial charge in [-0.15, -0.1) is 0 Å². The van der Waals surface area contributed by atoms with Crippen LogP contribution in [0.4, 0.5) is 0 Å². The zero-order valence-electron chi connectivity index (χ0n) is 24.2. The topological polar surface area (TPSA) is 84.9 Å². The number of hydrogen-bond donors (Lipinski definition) is 1. The Morgan fingerprint density at radius 1 is 1.00 bits per heavy atom. The number of esters is 2. The summed E-state index contributed by atoms with van der Waals surface area (Å²) in [5, 5.41) is 2.76. The fraction of sp³-hybridized carbons (Fsp3) is 0.700. The lowest BCUT2D eigenvalue weighted by Gasteiger charge is -2.44. The van der Waals surface area contributed by atoms with Gasteiger partial charge in [-0.3, -0.25) is 9.59 Å². The van der Waals surface area contributed by atoms with Crippen molar-refractivity contribution in [1.29, 1.82) is 0 Å². The number of nitrogens with one attached hydrogen (secondary N) is 1. The van der Waals surface area contributed by atoms with Crippen LogP contribution >= 0.6 is 0 Å². The predicted molar refractivity (Wildman–Crippen MR) is 146 cm³/mol. The molecule has 7 heteroatoms. The second-order valence-corrected chi connectivity index (χ2v) is 12.1. The summed E-state index contributed by atoms with van der Waals surface area (Å²) in [6.45, 7) is 11.9. The highest BCUT2D eigenvalue weighted by atomic mass is 16.6. The van der Waals surface area contributed by atoms with Gasteiger partial charge in [0.15, 0.2) is 0 Å². The number of carbonyl (C=O) groups is 3. The van der Waals surface area contributed by atoms with Crippen molar-refractivity contribution >= 4 is 17.8 Å². The molecule has 0 heterocycles. The standard InChI is InChI=1S/C30H48N2O5/c1-21(2)27(28(35)37-29(4,5)6)31-25(33)16-17-26(34)36-30(18-10-9-11-19-30)24(20-32(7)8)23-14-12-22(3)13-15-23/h12-15,21,24,27H,9-11,16-20H2,1-8H3,(H,31,33)/t24?,27-/m0/s1. The summed E-state index contributed by atoms with van der Waals surface area (Å²) in [5.41, 5.74) is 1.12. The minimum Gasteiger partial charge on any atom is -0.458 e. The SMILES string of the molecule is Cc1ccc(C(CN(C)C)C2(OC(=O)CCC(=O)N[C@H](C(=O)OC(C)(C)C)C(C)C)CCCCC2)cc1. The lowest BCUT2D eigenvalue weighted by Crippen LogP contribution is -2.48. The summed E-state index contributed by atoms with van der Waals surface area (Å²) in [7, 11) is 4.08. The van der Waals surface area contributed by atoms with Crippen LogP contribution in [0, 0.1) is 12.8 Å². The number of hydrogen-bond acceptors (Lipinski definition) is 6. The molecule has 0 saturated heterocycles. The Morgan fingerprint density at radius 3 is 2.11 bits per heavy atom. The summed E-state index contributed by atoms with van der Waals surface area (Å²) in [6.07, 6.45) is 4.70. The van der Waals surface area contributed by atoms with Gasteiger partial charge < -0.3 is 19.7 Å². The summed E-state index contributed by atoms with van der Waals surface area (Å²) >= 11 is 0. The van der Waals surface area contributed by atoms with Crippen molar-refractivity contribution in [2.75, 3.05) is 20.6 Å². The first-order chi connectivity index (χ1) is 17.2. The van der Waals surface area contributed by atoms with Crippen molar-refractivity contribution in [3.63, 3.8) is 0 Å². The van der Waals surface area contributed by atoms with E-state index in [-0.39, 0.29) is 36.6 Å². The fourth-order valence-corrected chi connectivity index (χ4v) is 5.01. The van der Waals surface area contributed by atoms with Gasteiger partial charge in [-0.25, -0.2) is 4.79 Å². The van der Waals surface area contributed by atoms with Crippen molar-refractivity contribution < 1.29 is 23.9 Å². The monoisotopic (exact) mass is 516 g/mol. The maximum atomic E-state index is 13.1. The normalized spacial score (nSPS) is 17.2. The first-order valence-corrected chi connectivity index (χ1v) is 13.7. The molecule has 2 atom stereocenters. The van der Waals surface area contributed by atoms with Crippen LogP contribution in [0.2, 0.25) is 0 Å². The Morgan fingerprint density at radius 2 is 1.59 bits per heavy atom. The first-order valence-electron chi connectivity index (χ1n) is 13.7. The van der Waals surface area contributed by atoms with E-state index in [1.807, 2.05) is 27.9 Å². The van der Waals surface area contributed by atoms with Crippen molar-refractivity contribution in [3.05, 3.63) is 35.4 Å². The molecule has 0 bridgehead atoms. The van der Waals surface area contributed by atoms with E-state index in [9.17, 15) is 14.4 Å². The van der Waals surface area contributed by atoms with E-state index in [0.29, 0.717) is 0 Å². The second kappa shape index (κ2) is 13.4. The van der Waals surface area contributed by atoms with E-state index in [2.05, 4.69) is 41.4 Å². The number of ether oxygens (including phenoxy) is 2. The molecule has 1 aliphatic rings. The van der Waals surface area contributed by atoms with Crippen LogP contribution in [0.15, 0.2) is 24.3 Å². The minimum absolute atomic E-state index is 0.0324. The average molecular weight is 517 g/mol. The number of likely N-dealkylation sites (N-methyl/N-ethyl adjacent to an activating group) is 1. The Balaban J connectivity index is 2.11. The third-order valence-corrected chi connectivity index (χ3v) is 6.88. The van der Waals surface area contributed by atoms with Crippen LogP contribution in [-0.2, 0) is 23.9 Å². The van der Waals surface area contributed by atoms with Gasteiger partial charge in [-0.05, 0) is 79.0 Å². The van der Waals surface area contributed by atoms with Gasteiger partial charge in [0.25, 0.3) is 0 Å². The average Bonchev–Trinajstić information content (AvgIpc) is 2.79. The Kier molecular flexibility index (Phi) is 11.2. The van der Waals surface area contributed by atoms with E-state index < -0.39 is 23.2 Å². The van der Waals surface area contributed by atoms with Crippen LogP contribution in [0.25, 0.3) is 0 Å². The number of aryl methyl sites for hydroxylation is 1. The van der Waals surface area contributed by atoms with Crippen molar-refractivity contribution in [2.45, 2.75) is 110 Å². The molecule has 0 spiro atoms. The number of carbonyl (C=O) groups excluding carboxylic acids is 3. The largest absolute Gasteiger partial charge is 0.458 e. The number of rotatable bonds is 11. The molecule has 1 amide bonds. The lowest BCUT2D eigenvalue weighted by atomic mass is 9.72. The summed E-state index contributed by atoms with van der Waals surface area (Å²) in [5.74, 6) is -1.30. The number of amides is 1. The van der Waals surface area contributed by atoms with Gasteiger partial charge in [0, 0.05) is 18.9 Å². The number of nitrogens with zero attached hydrogens (tertiary/aromatic N) is 1. The van der Waals surface area contributed by atoms with Crippen molar-refractivity contribution in [1.82, 2.24) is 10.2 Å². The molecule has 1 unspecified atom stereocenters. The maximum absolute atomic E-state index is 13.1. The van der Waals surface area contributed by atoms with Crippen LogP contribution in [0.1, 0.15) is 96.6 Å². The van der Waals surface area contributed by atoms with Crippen LogP contribution in [0.5, 0.6) is 0 Å². The molecule has 1 aromatic rings. The minimum atomic E-state index is -0.765. The zero-order chi connectivity index (χ0) is 27.8. The quantitative estimate of drug-likeness (QED) is 0.410. The lowest BCUT2D eigenvalue weighted by molar-refractivity contribution is -0.168. The van der Waals surface area contributed by atoms with Crippen LogP contribution < -0.4 is 5.32 Å².